The lowest BCUT2D eigenvalue weighted by molar-refractivity contribution is 0.858. The molecule has 2 N–H and O–H groups in total. The van der Waals surface area contributed by atoms with E-state index >= 15 is 0 Å². The van der Waals surface area contributed by atoms with Crippen LogP contribution in [0.4, 0.5) is 0 Å². The van der Waals surface area contributed by atoms with Gasteiger partial charge in [-0.25, -0.2) is 4.98 Å². The first-order valence-electron chi connectivity index (χ1n) is 3.40. The molecule has 0 fully saturated rings. The number of nitrogens with two attached hydrogens (primary N) is 1. The molecule has 4 heteroatoms. The minimum Gasteiger partial charge on any atom is -0.338 e. The third kappa shape index (κ3) is 1.39. The van der Waals surface area contributed by atoms with E-state index in [0.29, 0.717) is 0 Å². The van der Waals surface area contributed by atoms with E-state index in [4.69, 9.17) is 5.84 Å². The van der Waals surface area contributed by atoms with Crippen LogP contribution in [0.25, 0.3) is 0 Å². The lowest BCUT2D eigenvalue weighted by Gasteiger charge is -1.88. The smallest absolute Gasteiger partial charge is 0.106 e. The molecule has 0 unspecified atom stereocenters. The Balaban J connectivity index is 3.07. The van der Waals surface area contributed by atoms with E-state index in [9.17, 15) is 0 Å². The minimum atomic E-state index is 0.758. The third-order valence-electron chi connectivity index (χ3n) is 1.67. The van der Waals surface area contributed by atoms with Crippen LogP contribution in [0.15, 0.2) is 11.3 Å². The molecule has 0 aliphatic rings. The minimum absolute atomic E-state index is 0.758. The number of aromatic nitrogens is 2. The standard InChI is InChI=1S/C7H12N4/c1-5(10-8)7-4-11(3)6(2)9-7/h4H,8H2,1-3H3/b10-5+. The van der Waals surface area contributed by atoms with Crippen LogP contribution in [-0.2, 0) is 7.05 Å². The molecule has 11 heavy (non-hydrogen) atoms. The maximum atomic E-state index is 5.10. The van der Waals surface area contributed by atoms with Gasteiger partial charge >= 0.3 is 0 Å². The molecule has 0 aliphatic carbocycles. The van der Waals surface area contributed by atoms with Crippen LogP contribution in [0.2, 0.25) is 0 Å². The van der Waals surface area contributed by atoms with Crippen molar-refractivity contribution in [1.82, 2.24) is 9.55 Å². The molecule has 1 aromatic heterocycles. The molecular weight excluding hydrogens is 140 g/mol. The number of nitrogens with zero attached hydrogens (tertiary/aromatic N) is 3. The highest BCUT2D eigenvalue weighted by Gasteiger charge is 2.02. The van der Waals surface area contributed by atoms with Crippen molar-refractivity contribution in [3.8, 4) is 0 Å². The first-order valence-corrected chi connectivity index (χ1v) is 3.40. The van der Waals surface area contributed by atoms with E-state index in [1.165, 1.54) is 0 Å². The molecule has 0 aromatic carbocycles. The van der Waals surface area contributed by atoms with Gasteiger partial charge in [0.15, 0.2) is 0 Å². The molecule has 1 aromatic rings. The number of aryl methyl sites for hydroxylation is 2. The summed E-state index contributed by atoms with van der Waals surface area (Å²) < 4.78 is 1.93. The highest BCUT2D eigenvalue weighted by Crippen LogP contribution is 2.00. The van der Waals surface area contributed by atoms with Crippen molar-refractivity contribution >= 4 is 5.71 Å². The van der Waals surface area contributed by atoms with Crippen molar-refractivity contribution in [1.29, 1.82) is 0 Å². The van der Waals surface area contributed by atoms with Crippen molar-refractivity contribution in [2.45, 2.75) is 13.8 Å². The van der Waals surface area contributed by atoms with Gasteiger partial charge in [-0.15, -0.1) is 0 Å². The molecule has 0 aliphatic heterocycles. The summed E-state index contributed by atoms with van der Waals surface area (Å²) in [7, 11) is 1.94. The predicted octanol–water partition coefficient (Wildman–Crippen LogP) is 0.411. The summed E-state index contributed by atoms with van der Waals surface area (Å²) >= 11 is 0. The van der Waals surface area contributed by atoms with Crippen molar-refractivity contribution in [2.24, 2.45) is 18.0 Å². The summed E-state index contributed by atoms with van der Waals surface area (Å²) in [6.45, 7) is 3.77. The molecule has 0 bridgehead atoms. The molecule has 1 heterocycles. The second kappa shape index (κ2) is 2.74. The molecule has 0 amide bonds. The van der Waals surface area contributed by atoms with Gasteiger partial charge in [-0.05, 0) is 13.8 Å². The Morgan fingerprint density at radius 2 is 2.36 bits per heavy atom. The summed E-state index contributed by atoms with van der Waals surface area (Å²) in [6, 6.07) is 0. The summed E-state index contributed by atoms with van der Waals surface area (Å²) in [5.74, 6) is 6.06. The molecular formula is C7H12N4. The van der Waals surface area contributed by atoms with E-state index in [0.717, 1.165) is 17.2 Å². The normalized spacial score (nSPS) is 12.1. The molecule has 60 valence electrons. The fourth-order valence-electron chi connectivity index (χ4n) is 0.799. The Hall–Kier alpha value is -1.32. The molecule has 1 rings (SSSR count). The van der Waals surface area contributed by atoms with Gasteiger partial charge in [0.25, 0.3) is 0 Å². The van der Waals surface area contributed by atoms with Gasteiger partial charge in [0.05, 0.1) is 5.71 Å². The lowest BCUT2D eigenvalue weighted by Crippen LogP contribution is -1.98. The Bertz CT molecular complexity index is 265. The Morgan fingerprint density at radius 1 is 1.73 bits per heavy atom. The number of hydrogen-bond acceptors (Lipinski definition) is 3. The SMILES string of the molecule is C/C(=N\N)c1cn(C)c(C)n1. The van der Waals surface area contributed by atoms with Crippen LogP contribution in [0.5, 0.6) is 0 Å². The third-order valence-corrected chi connectivity index (χ3v) is 1.67. The highest BCUT2D eigenvalue weighted by atomic mass is 15.1. The van der Waals surface area contributed by atoms with Gasteiger partial charge < -0.3 is 10.4 Å². The molecule has 0 atom stereocenters. The van der Waals surface area contributed by atoms with E-state index < -0.39 is 0 Å². The average Bonchev–Trinajstić information content (AvgIpc) is 2.31. The van der Waals surface area contributed by atoms with E-state index in [-0.39, 0.29) is 0 Å². The van der Waals surface area contributed by atoms with Crippen LogP contribution in [-0.4, -0.2) is 15.3 Å². The topological polar surface area (TPSA) is 56.2 Å². The zero-order valence-corrected chi connectivity index (χ0v) is 7.00. The van der Waals surface area contributed by atoms with Gasteiger partial charge in [0.1, 0.15) is 11.5 Å². The summed E-state index contributed by atoms with van der Waals surface area (Å²) in [6.07, 6.45) is 1.90. The zero-order chi connectivity index (χ0) is 8.43. The number of rotatable bonds is 1. The summed E-state index contributed by atoms with van der Waals surface area (Å²) in [4.78, 5) is 4.23. The van der Waals surface area contributed by atoms with Crippen molar-refractivity contribution in [3.05, 3.63) is 17.7 Å². The number of hydrogen-bond donors (Lipinski definition) is 1. The molecule has 0 radical (unpaired) electrons. The van der Waals surface area contributed by atoms with E-state index in [2.05, 4.69) is 10.1 Å². The number of imidazole rings is 1. The Morgan fingerprint density at radius 3 is 2.73 bits per heavy atom. The van der Waals surface area contributed by atoms with Gasteiger partial charge in [-0.2, -0.15) is 5.10 Å². The summed E-state index contributed by atoms with van der Waals surface area (Å²) in [5, 5.41) is 3.55. The van der Waals surface area contributed by atoms with Gasteiger partial charge in [-0.1, -0.05) is 0 Å². The monoisotopic (exact) mass is 152 g/mol. The van der Waals surface area contributed by atoms with Crippen molar-refractivity contribution in [2.75, 3.05) is 0 Å². The van der Waals surface area contributed by atoms with Crippen LogP contribution < -0.4 is 5.84 Å². The van der Waals surface area contributed by atoms with Gasteiger partial charge in [-0.3, -0.25) is 0 Å². The maximum absolute atomic E-state index is 5.10. The van der Waals surface area contributed by atoms with Crippen LogP contribution in [0.3, 0.4) is 0 Å². The molecule has 0 saturated heterocycles. The second-order valence-electron chi connectivity index (χ2n) is 2.50. The number of hydrazone groups is 1. The van der Waals surface area contributed by atoms with Gasteiger partial charge in [0, 0.05) is 13.2 Å². The van der Waals surface area contributed by atoms with Crippen molar-refractivity contribution in [3.63, 3.8) is 0 Å². The van der Waals surface area contributed by atoms with Crippen LogP contribution in [0.1, 0.15) is 18.4 Å². The average molecular weight is 152 g/mol. The van der Waals surface area contributed by atoms with Crippen LogP contribution >= 0.6 is 0 Å². The van der Waals surface area contributed by atoms with E-state index in [1.807, 2.05) is 31.7 Å². The molecule has 0 spiro atoms. The van der Waals surface area contributed by atoms with Crippen molar-refractivity contribution < 1.29 is 0 Å². The first kappa shape index (κ1) is 7.78. The zero-order valence-electron chi connectivity index (χ0n) is 7.00. The quantitative estimate of drug-likeness (QED) is 0.360. The predicted molar refractivity (Wildman–Crippen MR) is 44.3 cm³/mol. The second-order valence-corrected chi connectivity index (χ2v) is 2.50. The Labute approximate surface area is 65.7 Å². The van der Waals surface area contributed by atoms with E-state index in [1.54, 1.807) is 0 Å². The van der Waals surface area contributed by atoms with Gasteiger partial charge in [0.2, 0.25) is 0 Å². The highest BCUT2D eigenvalue weighted by molar-refractivity contribution is 5.96. The fraction of sp³-hybridized carbons (Fsp3) is 0.429. The lowest BCUT2D eigenvalue weighted by atomic mass is 10.3. The Kier molecular flexibility index (Phi) is 1.94. The molecule has 0 saturated carbocycles. The fourth-order valence-corrected chi connectivity index (χ4v) is 0.799. The molecule has 4 nitrogen and oxygen atoms in total. The maximum Gasteiger partial charge on any atom is 0.106 e. The largest absolute Gasteiger partial charge is 0.338 e. The summed E-state index contributed by atoms with van der Waals surface area (Å²) in [5.41, 5.74) is 1.60. The first-order chi connectivity index (χ1) is 5.15. The van der Waals surface area contributed by atoms with Crippen LogP contribution in [0, 0.1) is 6.92 Å².